The molecule has 128 valence electrons. The van der Waals surface area contributed by atoms with E-state index < -0.39 is 5.60 Å². The number of aromatic hydroxyl groups is 1. The molecule has 0 fully saturated rings. The molecular formula is C21H27NO2. The van der Waals surface area contributed by atoms with Gasteiger partial charge in [0.05, 0.1) is 17.2 Å². The van der Waals surface area contributed by atoms with Crippen molar-refractivity contribution in [1.29, 1.82) is 5.26 Å². The van der Waals surface area contributed by atoms with Crippen LogP contribution in [0.15, 0.2) is 47.6 Å². The van der Waals surface area contributed by atoms with E-state index in [4.69, 9.17) is 5.26 Å². The van der Waals surface area contributed by atoms with E-state index in [0.717, 1.165) is 12.8 Å². The van der Waals surface area contributed by atoms with Gasteiger partial charge in [-0.25, -0.2) is 0 Å². The molecule has 0 spiro atoms. The lowest BCUT2D eigenvalue weighted by molar-refractivity contribution is 0.104. The number of hydrogen-bond donors (Lipinski definition) is 2. The maximum absolute atomic E-state index is 10.4. The van der Waals surface area contributed by atoms with Crippen molar-refractivity contribution in [2.75, 3.05) is 0 Å². The fourth-order valence-corrected chi connectivity index (χ4v) is 2.17. The zero-order chi connectivity index (χ0) is 18.2. The van der Waals surface area contributed by atoms with Crippen molar-refractivity contribution >= 4 is 6.08 Å². The van der Waals surface area contributed by atoms with Gasteiger partial charge >= 0.3 is 0 Å². The summed E-state index contributed by atoms with van der Waals surface area (Å²) in [5.41, 5.74) is 2.63. The molecule has 3 nitrogen and oxygen atoms in total. The molecule has 0 aliphatic rings. The summed E-state index contributed by atoms with van der Waals surface area (Å²) < 4.78 is 0. The SMILES string of the molecule is CC(C)=CC/C(C)=C/CCC(C)(O)/C=C/c1cc(C#N)ccc1O. The molecule has 1 rings (SSSR count). The van der Waals surface area contributed by atoms with Crippen molar-refractivity contribution in [3.8, 4) is 11.8 Å². The zero-order valence-electron chi connectivity index (χ0n) is 15.0. The second-order valence-electron chi connectivity index (χ2n) is 6.65. The topological polar surface area (TPSA) is 64.2 Å². The van der Waals surface area contributed by atoms with E-state index in [9.17, 15) is 10.2 Å². The number of nitrogens with zero attached hydrogens (tertiary/aromatic N) is 1. The number of aliphatic hydroxyl groups is 1. The molecular weight excluding hydrogens is 298 g/mol. The molecule has 0 aromatic heterocycles. The first kappa shape index (κ1) is 19.7. The van der Waals surface area contributed by atoms with Crippen LogP contribution < -0.4 is 0 Å². The smallest absolute Gasteiger partial charge is 0.122 e. The fourth-order valence-electron chi connectivity index (χ4n) is 2.17. The van der Waals surface area contributed by atoms with E-state index in [2.05, 4.69) is 32.9 Å². The number of benzene rings is 1. The van der Waals surface area contributed by atoms with Crippen LogP contribution in [-0.2, 0) is 0 Å². The Labute approximate surface area is 145 Å². The van der Waals surface area contributed by atoms with Gasteiger partial charge in [0.1, 0.15) is 5.75 Å². The summed E-state index contributed by atoms with van der Waals surface area (Å²) in [6.45, 7) is 8.00. The highest BCUT2D eigenvalue weighted by Gasteiger charge is 2.15. The number of nitriles is 1. The second kappa shape index (κ2) is 9.10. The van der Waals surface area contributed by atoms with Crippen LogP contribution in [0.5, 0.6) is 5.75 Å². The van der Waals surface area contributed by atoms with Gasteiger partial charge in [-0.3, -0.25) is 0 Å². The van der Waals surface area contributed by atoms with Crippen molar-refractivity contribution in [2.45, 2.75) is 52.6 Å². The first-order valence-electron chi connectivity index (χ1n) is 8.17. The predicted octanol–water partition coefficient (Wildman–Crippen LogP) is 5.11. The summed E-state index contributed by atoms with van der Waals surface area (Å²) in [6.07, 6.45) is 9.98. The largest absolute Gasteiger partial charge is 0.507 e. The minimum Gasteiger partial charge on any atom is -0.507 e. The number of allylic oxidation sites excluding steroid dienone is 4. The Hall–Kier alpha value is -2.31. The normalized spacial score (nSPS) is 14.2. The Morgan fingerprint density at radius 3 is 2.58 bits per heavy atom. The molecule has 1 aromatic carbocycles. The molecule has 1 atom stereocenters. The molecule has 1 unspecified atom stereocenters. The van der Waals surface area contributed by atoms with Gasteiger partial charge in [0.2, 0.25) is 0 Å². The first-order chi connectivity index (χ1) is 11.2. The highest BCUT2D eigenvalue weighted by Crippen LogP contribution is 2.23. The Balaban J connectivity index is 2.68. The van der Waals surface area contributed by atoms with Gasteiger partial charge in [0.25, 0.3) is 0 Å². The van der Waals surface area contributed by atoms with Gasteiger partial charge in [-0.15, -0.1) is 0 Å². The average molecular weight is 325 g/mol. The molecule has 0 aliphatic heterocycles. The zero-order valence-corrected chi connectivity index (χ0v) is 15.0. The van der Waals surface area contributed by atoms with Crippen LogP contribution in [0.4, 0.5) is 0 Å². The van der Waals surface area contributed by atoms with Gasteiger partial charge in [0.15, 0.2) is 0 Å². The summed E-state index contributed by atoms with van der Waals surface area (Å²) >= 11 is 0. The number of rotatable bonds is 7. The molecule has 0 amide bonds. The van der Waals surface area contributed by atoms with Crippen molar-refractivity contribution < 1.29 is 10.2 Å². The molecule has 0 saturated heterocycles. The maximum Gasteiger partial charge on any atom is 0.122 e. The average Bonchev–Trinajstić information content (AvgIpc) is 2.52. The third kappa shape index (κ3) is 7.30. The second-order valence-corrected chi connectivity index (χ2v) is 6.65. The van der Waals surface area contributed by atoms with Gasteiger partial charge in [0, 0.05) is 5.56 Å². The standard InChI is InChI=1S/C21H27NO2/c1-16(2)7-8-17(3)6-5-12-21(4,24)13-11-19-14-18(15-22)9-10-20(19)23/h6-7,9-11,13-14,23-24H,5,8,12H2,1-4H3/b13-11+,17-6+. The number of phenols is 1. The van der Waals surface area contributed by atoms with Crippen LogP contribution in [0, 0.1) is 11.3 Å². The van der Waals surface area contributed by atoms with Crippen molar-refractivity contribution in [1.82, 2.24) is 0 Å². The summed E-state index contributed by atoms with van der Waals surface area (Å²) in [7, 11) is 0. The molecule has 24 heavy (non-hydrogen) atoms. The van der Waals surface area contributed by atoms with Gasteiger partial charge < -0.3 is 10.2 Å². The minimum absolute atomic E-state index is 0.0958. The van der Waals surface area contributed by atoms with Crippen LogP contribution >= 0.6 is 0 Å². The van der Waals surface area contributed by atoms with Crippen LogP contribution in [0.3, 0.4) is 0 Å². The lowest BCUT2D eigenvalue weighted by atomic mass is 9.97. The Kier molecular flexibility index (Phi) is 7.48. The Morgan fingerprint density at radius 1 is 1.25 bits per heavy atom. The maximum atomic E-state index is 10.4. The molecule has 0 saturated carbocycles. The number of phenolic OH excluding ortho intramolecular Hbond substituents is 1. The summed E-state index contributed by atoms with van der Waals surface area (Å²) in [6, 6.07) is 6.69. The minimum atomic E-state index is -0.970. The molecule has 0 heterocycles. The van der Waals surface area contributed by atoms with E-state index in [1.807, 2.05) is 6.07 Å². The highest BCUT2D eigenvalue weighted by molar-refractivity contribution is 5.60. The molecule has 0 radical (unpaired) electrons. The Bertz CT molecular complexity index is 684. The quantitative estimate of drug-likeness (QED) is 0.685. The van der Waals surface area contributed by atoms with Gasteiger partial charge in [-0.05, 0) is 65.2 Å². The van der Waals surface area contributed by atoms with Gasteiger partial charge in [-0.1, -0.05) is 35.5 Å². The number of hydrogen-bond acceptors (Lipinski definition) is 3. The lowest BCUT2D eigenvalue weighted by Crippen LogP contribution is -2.19. The van der Waals surface area contributed by atoms with Gasteiger partial charge in [-0.2, -0.15) is 5.26 Å². The third-order valence-electron chi connectivity index (χ3n) is 3.75. The fraction of sp³-hybridized carbons (Fsp3) is 0.381. The predicted molar refractivity (Wildman–Crippen MR) is 99.5 cm³/mol. The van der Waals surface area contributed by atoms with Crippen LogP contribution in [0.25, 0.3) is 6.08 Å². The third-order valence-corrected chi connectivity index (χ3v) is 3.75. The van der Waals surface area contributed by atoms with Crippen LogP contribution in [-0.4, -0.2) is 15.8 Å². The van der Waals surface area contributed by atoms with Crippen molar-refractivity contribution in [3.05, 3.63) is 58.7 Å². The van der Waals surface area contributed by atoms with Crippen LogP contribution in [0.2, 0.25) is 0 Å². The lowest BCUT2D eigenvalue weighted by Gasteiger charge is -2.18. The summed E-state index contributed by atoms with van der Waals surface area (Å²) in [5.74, 6) is 0.0958. The molecule has 3 heteroatoms. The summed E-state index contributed by atoms with van der Waals surface area (Å²) in [5, 5.41) is 29.2. The van der Waals surface area contributed by atoms with Crippen molar-refractivity contribution in [2.24, 2.45) is 0 Å². The van der Waals surface area contributed by atoms with E-state index in [1.54, 1.807) is 31.2 Å². The van der Waals surface area contributed by atoms with E-state index in [0.29, 0.717) is 17.5 Å². The molecule has 0 aliphatic carbocycles. The van der Waals surface area contributed by atoms with Crippen LogP contribution in [0.1, 0.15) is 58.1 Å². The monoisotopic (exact) mass is 325 g/mol. The Morgan fingerprint density at radius 2 is 1.96 bits per heavy atom. The van der Waals surface area contributed by atoms with E-state index >= 15 is 0 Å². The highest BCUT2D eigenvalue weighted by atomic mass is 16.3. The molecule has 1 aromatic rings. The van der Waals surface area contributed by atoms with Crippen molar-refractivity contribution in [3.63, 3.8) is 0 Å². The summed E-state index contributed by atoms with van der Waals surface area (Å²) in [4.78, 5) is 0. The van der Waals surface area contributed by atoms with E-state index in [-0.39, 0.29) is 5.75 Å². The first-order valence-corrected chi connectivity index (χ1v) is 8.17. The molecule has 0 bridgehead atoms. The molecule has 2 N–H and O–H groups in total. The van der Waals surface area contributed by atoms with E-state index in [1.165, 1.54) is 17.2 Å².